The Morgan fingerprint density at radius 1 is 1.30 bits per heavy atom. The van der Waals surface area contributed by atoms with Gasteiger partial charge in [-0.15, -0.1) is 0 Å². The van der Waals surface area contributed by atoms with Crippen LogP contribution in [-0.4, -0.2) is 26.7 Å². The quantitative estimate of drug-likeness (QED) is 0.628. The maximum absolute atomic E-state index is 12.1. The predicted octanol–water partition coefficient (Wildman–Crippen LogP) is 3.46. The first-order valence-electron chi connectivity index (χ1n) is 6.30. The van der Waals surface area contributed by atoms with Crippen molar-refractivity contribution in [2.45, 2.75) is 6.92 Å². The fourth-order valence-electron chi connectivity index (χ4n) is 2.07. The number of fused-ring (bicyclic) bond motifs is 1. The molecule has 1 amide bonds. The van der Waals surface area contributed by atoms with Gasteiger partial charge in [0.15, 0.2) is 0 Å². The van der Waals surface area contributed by atoms with Crippen LogP contribution in [0.25, 0.3) is 17.0 Å². The number of hydrogen-bond acceptors (Lipinski definition) is 4. The van der Waals surface area contributed by atoms with Gasteiger partial charge in [0.2, 0.25) is 0 Å². The van der Waals surface area contributed by atoms with Gasteiger partial charge in [0.25, 0.3) is 5.91 Å². The molecule has 1 fully saturated rings. The zero-order valence-corrected chi connectivity index (χ0v) is 12.5. The molecule has 0 unspecified atom stereocenters. The highest BCUT2D eigenvalue weighted by Crippen LogP contribution is 2.32. The van der Waals surface area contributed by atoms with E-state index in [1.807, 2.05) is 43.3 Å². The normalized spacial score (nSPS) is 17.4. The summed E-state index contributed by atoms with van der Waals surface area (Å²) in [5.41, 5.74) is 1.70. The molecule has 1 aliphatic rings. The number of para-hydroxylation sites is 1. The SMILES string of the molecule is CCN1C(=O)/C(=C\c2ccc3ccccc3n2)SC1=S. The van der Waals surface area contributed by atoms with E-state index in [2.05, 4.69) is 4.98 Å². The van der Waals surface area contributed by atoms with Gasteiger partial charge in [-0.25, -0.2) is 4.98 Å². The Balaban J connectivity index is 1.98. The predicted molar refractivity (Wildman–Crippen MR) is 87.3 cm³/mol. The van der Waals surface area contributed by atoms with Crippen LogP contribution < -0.4 is 0 Å². The average Bonchev–Trinajstić information content (AvgIpc) is 2.73. The molecule has 2 aromatic rings. The zero-order chi connectivity index (χ0) is 14.1. The summed E-state index contributed by atoms with van der Waals surface area (Å²) in [4.78, 5) is 18.9. The minimum atomic E-state index is -0.0301. The molecule has 1 aliphatic heterocycles. The number of pyridine rings is 1. The highest BCUT2D eigenvalue weighted by atomic mass is 32.2. The third kappa shape index (κ3) is 2.34. The number of thiocarbonyl (C=S) groups is 1. The number of likely N-dealkylation sites (N-methyl/N-ethyl adjacent to an activating group) is 1. The van der Waals surface area contributed by atoms with Crippen molar-refractivity contribution < 1.29 is 4.79 Å². The van der Waals surface area contributed by atoms with Crippen LogP contribution in [0.1, 0.15) is 12.6 Å². The number of rotatable bonds is 2. The molecule has 0 saturated carbocycles. The molecule has 2 heterocycles. The van der Waals surface area contributed by atoms with Gasteiger partial charge in [0.05, 0.1) is 16.1 Å². The first kappa shape index (κ1) is 13.3. The van der Waals surface area contributed by atoms with Gasteiger partial charge in [-0.3, -0.25) is 9.69 Å². The lowest BCUT2D eigenvalue weighted by molar-refractivity contribution is -0.121. The summed E-state index contributed by atoms with van der Waals surface area (Å²) in [6, 6.07) is 11.8. The van der Waals surface area contributed by atoms with Gasteiger partial charge >= 0.3 is 0 Å². The Morgan fingerprint density at radius 3 is 2.85 bits per heavy atom. The molecule has 1 aromatic carbocycles. The van der Waals surface area contributed by atoms with Crippen molar-refractivity contribution in [3.8, 4) is 0 Å². The van der Waals surface area contributed by atoms with Gasteiger partial charge in [-0.1, -0.05) is 48.2 Å². The Labute approximate surface area is 126 Å². The zero-order valence-electron chi connectivity index (χ0n) is 10.9. The van der Waals surface area contributed by atoms with Gasteiger partial charge in [0, 0.05) is 11.9 Å². The molecule has 3 nitrogen and oxygen atoms in total. The fraction of sp³-hybridized carbons (Fsp3) is 0.133. The Morgan fingerprint density at radius 2 is 2.10 bits per heavy atom. The summed E-state index contributed by atoms with van der Waals surface area (Å²) in [6.07, 6.45) is 1.81. The second kappa shape index (κ2) is 5.34. The minimum Gasteiger partial charge on any atom is -0.293 e. The maximum atomic E-state index is 12.1. The maximum Gasteiger partial charge on any atom is 0.266 e. The van der Waals surface area contributed by atoms with Gasteiger partial charge < -0.3 is 0 Å². The van der Waals surface area contributed by atoms with E-state index >= 15 is 0 Å². The number of hydrogen-bond donors (Lipinski definition) is 0. The molecular weight excluding hydrogens is 288 g/mol. The van der Waals surface area contributed by atoms with E-state index in [9.17, 15) is 4.79 Å². The molecule has 5 heteroatoms. The molecule has 0 atom stereocenters. The monoisotopic (exact) mass is 300 g/mol. The number of benzene rings is 1. The van der Waals surface area contributed by atoms with Crippen molar-refractivity contribution >= 4 is 51.2 Å². The first-order chi connectivity index (χ1) is 9.69. The molecule has 0 spiro atoms. The molecule has 0 aliphatic carbocycles. The van der Waals surface area contributed by atoms with Crippen molar-refractivity contribution in [1.82, 2.24) is 9.88 Å². The number of thioether (sulfide) groups is 1. The Bertz CT molecular complexity index is 739. The molecular formula is C15H12N2OS2. The summed E-state index contributed by atoms with van der Waals surface area (Å²) >= 11 is 6.53. The van der Waals surface area contributed by atoms with E-state index in [1.165, 1.54) is 11.8 Å². The van der Waals surface area contributed by atoms with Crippen molar-refractivity contribution in [1.29, 1.82) is 0 Å². The lowest BCUT2D eigenvalue weighted by atomic mass is 10.2. The van der Waals surface area contributed by atoms with E-state index in [-0.39, 0.29) is 5.91 Å². The molecule has 1 aromatic heterocycles. The summed E-state index contributed by atoms with van der Waals surface area (Å²) in [7, 11) is 0. The lowest BCUT2D eigenvalue weighted by Crippen LogP contribution is -2.27. The van der Waals surface area contributed by atoms with Crippen LogP contribution in [-0.2, 0) is 4.79 Å². The van der Waals surface area contributed by atoms with Crippen molar-refractivity contribution in [2.24, 2.45) is 0 Å². The van der Waals surface area contributed by atoms with Crippen LogP contribution in [0.2, 0.25) is 0 Å². The largest absolute Gasteiger partial charge is 0.293 e. The third-order valence-corrected chi connectivity index (χ3v) is 4.47. The van der Waals surface area contributed by atoms with Crippen LogP contribution in [0.4, 0.5) is 0 Å². The van der Waals surface area contributed by atoms with Crippen LogP contribution in [0.15, 0.2) is 41.3 Å². The summed E-state index contributed by atoms with van der Waals surface area (Å²) in [5.74, 6) is -0.0301. The topological polar surface area (TPSA) is 33.2 Å². The van der Waals surface area contributed by atoms with E-state index < -0.39 is 0 Å². The summed E-state index contributed by atoms with van der Waals surface area (Å²) < 4.78 is 0.615. The minimum absolute atomic E-state index is 0.0301. The number of carbonyl (C=O) groups excluding carboxylic acids is 1. The van der Waals surface area contributed by atoms with Crippen molar-refractivity contribution in [3.05, 3.63) is 47.0 Å². The molecule has 20 heavy (non-hydrogen) atoms. The fourth-order valence-corrected chi connectivity index (χ4v) is 3.44. The van der Waals surface area contributed by atoms with E-state index in [0.29, 0.717) is 15.8 Å². The van der Waals surface area contributed by atoms with Gasteiger partial charge in [0.1, 0.15) is 4.32 Å². The van der Waals surface area contributed by atoms with Crippen molar-refractivity contribution in [2.75, 3.05) is 6.54 Å². The van der Waals surface area contributed by atoms with E-state index in [4.69, 9.17) is 12.2 Å². The van der Waals surface area contributed by atoms with Gasteiger partial charge in [-0.05, 0) is 25.1 Å². The van der Waals surface area contributed by atoms with Gasteiger partial charge in [-0.2, -0.15) is 0 Å². The van der Waals surface area contributed by atoms with Crippen LogP contribution in [0.3, 0.4) is 0 Å². The average molecular weight is 300 g/mol. The first-order valence-corrected chi connectivity index (χ1v) is 7.52. The lowest BCUT2D eigenvalue weighted by Gasteiger charge is -2.09. The Kier molecular flexibility index (Phi) is 3.54. The molecule has 0 radical (unpaired) electrons. The highest BCUT2D eigenvalue weighted by molar-refractivity contribution is 8.26. The second-order valence-electron chi connectivity index (χ2n) is 4.35. The number of nitrogens with zero attached hydrogens (tertiary/aromatic N) is 2. The molecule has 0 N–H and O–H groups in total. The number of amides is 1. The van der Waals surface area contributed by atoms with Crippen molar-refractivity contribution in [3.63, 3.8) is 0 Å². The number of carbonyl (C=O) groups is 1. The van der Waals surface area contributed by atoms with Crippen LogP contribution in [0, 0.1) is 0 Å². The molecule has 3 rings (SSSR count). The van der Waals surface area contributed by atoms with Crippen LogP contribution >= 0.6 is 24.0 Å². The second-order valence-corrected chi connectivity index (χ2v) is 6.03. The standard InChI is InChI=1S/C15H12N2OS2/c1-2-17-14(18)13(20-15(17)19)9-11-8-7-10-5-3-4-6-12(10)16-11/h3-9H,2H2,1H3/b13-9+. The smallest absolute Gasteiger partial charge is 0.266 e. The highest BCUT2D eigenvalue weighted by Gasteiger charge is 2.30. The van der Waals surface area contributed by atoms with E-state index in [0.717, 1.165) is 16.6 Å². The van der Waals surface area contributed by atoms with E-state index in [1.54, 1.807) is 11.0 Å². The summed E-state index contributed by atoms with van der Waals surface area (Å²) in [5, 5.41) is 1.09. The van der Waals surface area contributed by atoms with Crippen LogP contribution in [0.5, 0.6) is 0 Å². The molecule has 0 bridgehead atoms. The number of aromatic nitrogens is 1. The molecule has 100 valence electrons. The molecule has 1 saturated heterocycles. The Hall–Kier alpha value is -1.72. The third-order valence-electron chi connectivity index (χ3n) is 3.09. The summed E-state index contributed by atoms with van der Waals surface area (Å²) in [6.45, 7) is 2.52.